The van der Waals surface area contributed by atoms with Crippen LogP contribution in [0.4, 0.5) is 10.1 Å². The van der Waals surface area contributed by atoms with Crippen molar-refractivity contribution in [2.45, 2.75) is 20.4 Å². The Hall–Kier alpha value is -4.01. The fourth-order valence-electron chi connectivity index (χ4n) is 4.20. The van der Waals surface area contributed by atoms with Crippen LogP contribution in [0.1, 0.15) is 11.1 Å². The van der Waals surface area contributed by atoms with E-state index in [0.717, 1.165) is 15.8 Å². The van der Waals surface area contributed by atoms with Gasteiger partial charge < -0.3 is 9.80 Å². The number of fused-ring (bicyclic) bond motifs is 1. The summed E-state index contributed by atoms with van der Waals surface area (Å²) >= 11 is 0. The van der Waals surface area contributed by atoms with Crippen LogP contribution >= 0.6 is 0 Å². The number of nitrogens with zero attached hydrogens (tertiary/aromatic N) is 6. The number of hydrogen-bond acceptors (Lipinski definition) is 5. The fraction of sp³-hybridized carbons (Fsp3) is 0.280. The van der Waals surface area contributed by atoms with Crippen molar-refractivity contribution in [3.63, 3.8) is 0 Å². The molecule has 2 aromatic heterocycles. The number of aryl methyl sites for hydroxylation is 2. The molecule has 2 aromatic carbocycles. The van der Waals surface area contributed by atoms with Crippen LogP contribution in [0, 0.1) is 19.7 Å². The molecule has 1 saturated heterocycles. The molecule has 0 saturated carbocycles. The number of benzene rings is 2. The highest BCUT2D eigenvalue weighted by Gasteiger charge is 2.24. The maximum atomic E-state index is 14.1. The molecule has 0 N–H and O–H groups in total. The summed E-state index contributed by atoms with van der Waals surface area (Å²) in [6, 6.07) is 16.2. The lowest BCUT2D eigenvalue weighted by molar-refractivity contribution is -0.132. The summed E-state index contributed by atoms with van der Waals surface area (Å²) in [5.74, 6) is -0.473. The number of amides is 1. The van der Waals surface area contributed by atoms with E-state index < -0.39 is 5.69 Å². The molecule has 5 rings (SSSR count). The molecule has 1 amide bonds. The van der Waals surface area contributed by atoms with Gasteiger partial charge in [0.25, 0.3) is 0 Å². The Labute approximate surface area is 195 Å². The SMILES string of the molecule is Cc1ccc(-c2ccc3nn(CC(=O)N4CCN(c5ccccc5F)CC4)c(=O)n3n2)cc1C. The number of para-hydroxylation sites is 1. The van der Waals surface area contributed by atoms with Crippen LogP contribution in [0.15, 0.2) is 59.4 Å². The van der Waals surface area contributed by atoms with Crippen LogP contribution in [0.2, 0.25) is 0 Å². The zero-order chi connectivity index (χ0) is 23.8. The minimum absolute atomic E-state index is 0.166. The Bertz CT molecular complexity index is 1440. The zero-order valence-electron chi connectivity index (χ0n) is 19.1. The highest BCUT2D eigenvalue weighted by atomic mass is 19.1. The van der Waals surface area contributed by atoms with E-state index in [1.807, 2.05) is 43.0 Å². The van der Waals surface area contributed by atoms with Gasteiger partial charge in [0.15, 0.2) is 5.65 Å². The highest BCUT2D eigenvalue weighted by molar-refractivity contribution is 5.76. The molecule has 1 fully saturated rings. The summed E-state index contributed by atoms with van der Waals surface area (Å²) in [6.07, 6.45) is 0. The van der Waals surface area contributed by atoms with Crippen molar-refractivity contribution in [3.05, 3.63) is 82.0 Å². The van der Waals surface area contributed by atoms with E-state index in [1.165, 1.54) is 16.1 Å². The first kappa shape index (κ1) is 21.8. The molecule has 0 spiro atoms. The maximum Gasteiger partial charge on any atom is 0.367 e. The monoisotopic (exact) mass is 460 g/mol. The molecule has 3 heterocycles. The smallest absolute Gasteiger partial charge is 0.366 e. The molecule has 0 radical (unpaired) electrons. The Balaban J connectivity index is 1.30. The number of rotatable bonds is 4. The first-order valence-corrected chi connectivity index (χ1v) is 11.2. The fourth-order valence-corrected chi connectivity index (χ4v) is 4.20. The topological polar surface area (TPSA) is 75.7 Å². The predicted molar refractivity (Wildman–Crippen MR) is 127 cm³/mol. The van der Waals surface area contributed by atoms with Crippen LogP contribution in [0.25, 0.3) is 16.9 Å². The van der Waals surface area contributed by atoms with Crippen LogP contribution in [0.3, 0.4) is 0 Å². The normalized spacial score (nSPS) is 14.1. The Morgan fingerprint density at radius 1 is 0.941 bits per heavy atom. The lowest BCUT2D eigenvalue weighted by atomic mass is 10.0. The average Bonchev–Trinajstić information content (AvgIpc) is 3.15. The van der Waals surface area contributed by atoms with E-state index in [2.05, 4.69) is 10.2 Å². The molecule has 174 valence electrons. The van der Waals surface area contributed by atoms with Gasteiger partial charge in [0.1, 0.15) is 12.4 Å². The second kappa shape index (κ2) is 8.74. The number of piperazine rings is 1. The molecule has 0 aliphatic carbocycles. The largest absolute Gasteiger partial charge is 0.367 e. The summed E-state index contributed by atoms with van der Waals surface area (Å²) in [5, 5.41) is 8.75. The van der Waals surface area contributed by atoms with Gasteiger partial charge in [-0.2, -0.15) is 9.61 Å². The number of aromatic nitrogens is 4. The molecule has 34 heavy (non-hydrogen) atoms. The van der Waals surface area contributed by atoms with Crippen molar-refractivity contribution in [2.24, 2.45) is 0 Å². The van der Waals surface area contributed by atoms with Crippen molar-refractivity contribution in [1.29, 1.82) is 0 Å². The number of carbonyl (C=O) groups is 1. The molecule has 8 nitrogen and oxygen atoms in total. The maximum absolute atomic E-state index is 14.1. The van der Waals surface area contributed by atoms with Gasteiger partial charge in [-0.3, -0.25) is 4.79 Å². The first-order chi connectivity index (χ1) is 16.4. The number of hydrogen-bond donors (Lipinski definition) is 0. The van der Waals surface area contributed by atoms with E-state index in [4.69, 9.17) is 0 Å². The summed E-state index contributed by atoms with van der Waals surface area (Å²) in [5.41, 5.74) is 4.36. The molecule has 0 atom stereocenters. The summed E-state index contributed by atoms with van der Waals surface area (Å²) in [6.45, 7) is 5.85. The molecule has 0 unspecified atom stereocenters. The Kier molecular flexibility index (Phi) is 5.61. The predicted octanol–water partition coefficient (Wildman–Crippen LogP) is 2.66. The second-order valence-electron chi connectivity index (χ2n) is 8.55. The van der Waals surface area contributed by atoms with E-state index in [0.29, 0.717) is 43.2 Å². The van der Waals surface area contributed by atoms with Crippen LogP contribution < -0.4 is 10.6 Å². The zero-order valence-corrected chi connectivity index (χ0v) is 19.1. The molecule has 0 bridgehead atoms. The highest BCUT2D eigenvalue weighted by Crippen LogP contribution is 2.21. The number of anilines is 1. The minimum Gasteiger partial charge on any atom is -0.366 e. The van der Waals surface area contributed by atoms with Crippen molar-refractivity contribution < 1.29 is 9.18 Å². The number of halogens is 1. The van der Waals surface area contributed by atoms with Crippen LogP contribution in [-0.2, 0) is 11.3 Å². The standard InChI is InChI=1S/C25H25FN6O2/c1-17-7-8-19(15-18(17)2)21-9-10-23-28-31(25(34)32(23)27-21)16-24(33)30-13-11-29(12-14-30)22-6-4-3-5-20(22)26/h3-10,15H,11-14,16H2,1-2H3. The van der Waals surface area contributed by atoms with Crippen molar-refractivity contribution >= 4 is 17.2 Å². The van der Waals surface area contributed by atoms with Gasteiger partial charge in [0.05, 0.1) is 11.4 Å². The molecular weight excluding hydrogens is 435 g/mol. The third-order valence-electron chi connectivity index (χ3n) is 6.35. The van der Waals surface area contributed by atoms with Gasteiger partial charge in [-0.05, 0) is 55.3 Å². The van der Waals surface area contributed by atoms with Gasteiger partial charge in [0.2, 0.25) is 5.91 Å². The summed E-state index contributed by atoms with van der Waals surface area (Å²) < 4.78 is 16.4. The van der Waals surface area contributed by atoms with Crippen molar-refractivity contribution in [3.8, 4) is 11.3 Å². The minimum atomic E-state index is -0.459. The van der Waals surface area contributed by atoms with E-state index in [-0.39, 0.29) is 18.3 Å². The van der Waals surface area contributed by atoms with Gasteiger partial charge in [0, 0.05) is 31.7 Å². The molecular formula is C25H25FN6O2. The van der Waals surface area contributed by atoms with Crippen molar-refractivity contribution in [2.75, 3.05) is 31.1 Å². The lowest BCUT2D eigenvalue weighted by Crippen LogP contribution is -2.50. The van der Waals surface area contributed by atoms with Gasteiger partial charge in [-0.25, -0.2) is 13.9 Å². The van der Waals surface area contributed by atoms with Gasteiger partial charge in [-0.1, -0.05) is 24.3 Å². The average molecular weight is 461 g/mol. The van der Waals surface area contributed by atoms with Gasteiger partial charge in [-0.15, -0.1) is 5.10 Å². The lowest BCUT2D eigenvalue weighted by Gasteiger charge is -2.36. The van der Waals surface area contributed by atoms with Gasteiger partial charge >= 0.3 is 5.69 Å². The Morgan fingerprint density at radius 3 is 2.44 bits per heavy atom. The molecule has 9 heteroatoms. The quantitative estimate of drug-likeness (QED) is 0.468. The van der Waals surface area contributed by atoms with Crippen molar-refractivity contribution in [1.82, 2.24) is 24.3 Å². The van der Waals surface area contributed by atoms with E-state index in [1.54, 1.807) is 29.2 Å². The first-order valence-electron chi connectivity index (χ1n) is 11.2. The third-order valence-corrected chi connectivity index (χ3v) is 6.35. The Morgan fingerprint density at radius 2 is 1.71 bits per heavy atom. The third kappa shape index (κ3) is 4.05. The second-order valence-corrected chi connectivity index (χ2v) is 8.55. The van der Waals surface area contributed by atoms with Crippen LogP contribution in [-0.4, -0.2) is 56.4 Å². The van der Waals surface area contributed by atoms with E-state index in [9.17, 15) is 14.0 Å². The molecule has 1 aliphatic rings. The van der Waals surface area contributed by atoms with E-state index >= 15 is 0 Å². The van der Waals surface area contributed by atoms with Crippen LogP contribution in [0.5, 0.6) is 0 Å². The molecule has 4 aromatic rings. The number of carbonyl (C=O) groups excluding carboxylic acids is 1. The summed E-state index contributed by atoms with van der Waals surface area (Å²) in [4.78, 5) is 29.4. The summed E-state index contributed by atoms with van der Waals surface area (Å²) in [7, 11) is 0. The molecule has 1 aliphatic heterocycles.